The number of hydrogen-bond acceptors (Lipinski definition) is 8. The number of fused-ring (bicyclic) bond motifs is 3. The molecular weight excluding hydrogens is 468 g/mol. The topological polar surface area (TPSA) is 91.1 Å². The molecule has 0 fully saturated rings. The van der Waals surface area contributed by atoms with Crippen molar-refractivity contribution in [2.24, 2.45) is 0 Å². The quantitative estimate of drug-likeness (QED) is 0.304. The van der Waals surface area contributed by atoms with Crippen molar-refractivity contribution in [3.8, 4) is 10.8 Å². The van der Waals surface area contributed by atoms with Gasteiger partial charge >= 0.3 is 0 Å². The molecule has 34 heavy (non-hydrogen) atoms. The van der Waals surface area contributed by atoms with E-state index in [0.717, 1.165) is 16.0 Å². The van der Waals surface area contributed by atoms with Crippen LogP contribution in [0.15, 0.2) is 86.5 Å². The summed E-state index contributed by atoms with van der Waals surface area (Å²) in [7, 11) is 0. The third-order valence-electron chi connectivity index (χ3n) is 5.46. The largest absolute Gasteiger partial charge is 0.419 e. The fourth-order valence-corrected chi connectivity index (χ4v) is 5.36. The third kappa shape index (κ3) is 3.61. The molecule has 0 N–H and O–H groups in total. The average Bonchev–Trinajstić information content (AvgIpc) is 3.63. The number of hydrogen-bond donors (Lipinski definition) is 0. The van der Waals surface area contributed by atoms with Crippen molar-refractivity contribution in [3.63, 3.8) is 0 Å². The minimum atomic E-state index is -0.165. The first-order valence-electron chi connectivity index (χ1n) is 10.6. The van der Waals surface area contributed by atoms with Gasteiger partial charge in [-0.2, -0.15) is 0 Å². The fourth-order valence-electron chi connectivity index (χ4n) is 3.83. The van der Waals surface area contributed by atoms with E-state index in [4.69, 9.17) is 4.42 Å². The van der Waals surface area contributed by atoms with Gasteiger partial charge in [-0.15, -0.1) is 31.7 Å². The lowest BCUT2D eigenvalue weighted by atomic mass is 10.2. The van der Waals surface area contributed by atoms with Crippen molar-refractivity contribution in [3.05, 3.63) is 93.9 Å². The number of rotatable bonds is 6. The molecule has 0 aliphatic heterocycles. The van der Waals surface area contributed by atoms with E-state index in [-0.39, 0.29) is 10.8 Å². The molecule has 1 atom stereocenters. The molecule has 0 aliphatic rings. The van der Waals surface area contributed by atoms with E-state index < -0.39 is 0 Å². The summed E-state index contributed by atoms with van der Waals surface area (Å²) in [6.07, 6.45) is 0. The van der Waals surface area contributed by atoms with Crippen LogP contribution < -0.4 is 5.56 Å². The first kappa shape index (κ1) is 20.8. The predicted molar refractivity (Wildman–Crippen MR) is 132 cm³/mol. The van der Waals surface area contributed by atoms with Crippen LogP contribution in [0.4, 0.5) is 0 Å². The molecule has 0 amide bonds. The molecule has 0 saturated carbocycles. The minimum absolute atomic E-state index is 0.0959. The van der Waals surface area contributed by atoms with E-state index in [1.807, 2.05) is 83.4 Å². The maximum absolute atomic E-state index is 13.4. The molecule has 0 saturated heterocycles. The summed E-state index contributed by atoms with van der Waals surface area (Å²) >= 11 is 3.01. The van der Waals surface area contributed by atoms with Gasteiger partial charge in [0.1, 0.15) is 0 Å². The molecule has 10 heteroatoms. The molecule has 0 bridgehead atoms. The third-order valence-corrected chi connectivity index (χ3v) is 7.35. The average molecular weight is 487 g/mol. The molecule has 0 spiro atoms. The summed E-state index contributed by atoms with van der Waals surface area (Å²) in [5.41, 5.74) is 1.68. The number of nitrogens with zero attached hydrogens (tertiary/aromatic N) is 6. The predicted octanol–water partition coefficient (Wildman–Crippen LogP) is 5.06. The van der Waals surface area contributed by atoms with Crippen molar-refractivity contribution in [2.45, 2.75) is 23.9 Å². The Morgan fingerprint density at radius 3 is 2.62 bits per heavy atom. The minimum Gasteiger partial charge on any atom is -0.419 e. The highest BCUT2D eigenvalue weighted by Gasteiger charge is 2.22. The number of benzene rings is 2. The second-order valence-corrected chi connectivity index (χ2v) is 9.95. The Morgan fingerprint density at radius 2 is 1.79 bits per heavy atom. The van der Waals surface area contributed by atoms with E-state index in [1.165, 1.54) is 11.8 Å². The van der Waals surface area contributed by atoms with E-state index >= 15 is 0 Å². The Hall–Kier alpha value is -3.76. The number of aromatic nitrogens is 6. The van der Waals surface area contributed by atoms with E-state index in [1.54, 1.807) is 15.9 Å². The highest BCUT2D eigenvalue weighted by Crippen LogP contribution is 2.35. The summed E-state index contributed by atoms with van der Waals surface area (Å²) in [6.45, 7) is 2.39. The van der Waals surface area contributed by atoms with Gasteiger partial charge in [-0.25, -0.2) is 0 Å². The van der Waals surface area contributed by atoms with Gasteiger partial charge in [0.2, 0.25) is 11.7 Å². The van der Waals surface area contributed by atoms with E-state index in [2.05, 4.69) is 20.4 Å². The molecule has 168 valence electrons. The summed E-state index contributed by atoms with van der Waals surface area (Å²) in [6, 6.07) is 21.3. The number of thiophene rings is 1. The molecule has 1 unspecified atom stereocenters. The molecule has 4 aromatic heterocycles. The van der Waals surface area contributed by atoms with Crippen molar-refractivity contribution >= 4 is 39.8 Å². The van der Waals surface area contributed by atoms with Crippen molar-refractivity contribution in [1.29, 1.82) is 0 Å². The maximum atomic E-state index is 13.4. The van der Waals surface area contributed by atoms with Gasteiger partial charge in [-0.1, -0.05) is 60.3 Å². The van der Waals surface area contributed by atoms with Gasteiger partial charge in [-0.05, 0) is 36.1 Å². The van der Waals surface area contributed by atoms with Gasteiger partial charge < -0.3 is 4.42 Å². The zero-order valence-electron chi connectivity index (χ0n) is 18.0. The smallest absolute Gasteiger partial charge is 0.263 e. The van der Waals surface area contributed by atoms with Crippen LogP contribution in [0.5, 0.6) is 0 Å². The zero-order chi connectivity index (χ0) is 23.1. The molecular formula is C24H18N6O2S2. The molecule has 0 radical (unpaired) electrons. The van der Waals surface area contributed by atoms with Gasteiger partial charge in [0.05, 0.1) is 27.6 Å². The highest BCUT2D eigenvalue weighted by atomic mass is 32.2. The van der Waals surface area contributed by atoms with Crippen molar-refractivity contribution < 1.29 is 4.42 Å². The first-order valence-corrected chi connectivity index (χ1v) is 12.4. The summed E-state index contributed by atoms with van der Waals surface area (Å²) in [5.74, 6) is 1.50. The Balaban J connectivity index is 1.43. The van der Waals surface area contributed by atoms with Crippen LogP contribution in [0.1, 0.15) is 23.6 Å². The SMILES string of the molecule is CC(Sc1nnc2n(Cc3ccccc3)c(=O)c3ccccc3n12)c1nnc(-c2cccs2)o1. The molecule has 6 aromatic rings. The lowest BCUT2D eigenvalue weighted by molar-refractivity contribution is 0.510. The van der Waals surface area contributed by atoms with Crippen LogP contribution in [0.3, 0.4) is 0 Å². The lowest BCUT2D eigenvalue weighted by Gasteiger charge is -2.12. The monoisotopic (exact) mass is 486 g/mol. The Labute approximate surface area is 201 Å². The van der Waals surface area contributed by atoms with Crippen LogP contribution in [0.25, 0.3) is 27.4 Å². The summed E-state index contributed by atoms with van der Waals surface area (Å²) < 4.78 is 9.51. The van der Waals surface area contributed by atoms with Gasteiger partial charge in [0.15, 0.2) is 5.16 Å². The molecule has 4 heterocycles. The second-order valence-electron chi connectivity index (χ2n) is 7.69. The lowest BCUT2D eigenvalue weighted by Crippen LogP contribution is -2.24. The molecule has 8 nitrogen and oxygen atoms in total. The summed E-state index contributed by atoms with van der Waals surface area (Å²) in [5, 5.41) is 20.3. The molecule has 0 aliphatic carbocycles. The highest BCUT2D eigenvalue weighted by molar-refractivity contribution is 7.99. The first-order chi connectivity index (χ1) is 16.7. The Kier molecular flexibility index (Phi) is 5.23. The Bertz CT molecular complexity index is 1650. The fraction of sp³-hybridized carbons (Fsp3) is 0.125. The van der Waals surface area contributed by atoms with Gasteiger partial charge in [0.25, 0.3) is 11.4 Å². The number of thioether (sulfide) groups is 1. The van der Waals surface area contributed by atoms with Crippen LogP contribution in [-0.2, 0) is 6.54 Å². The van der Waals surface area contributed by atoms with Crippen LogP contribution in [0.2, 0.25) is 0 Å². The maximum Gasteiger partial charge on any atom is 0.263 e. The molecule has 2 aromatic carbocycles. The van der Waals surface area contributed by atoms with Crippen LogP contribution >= 0.6 is 23.1 Å². The zero-order valence-corrected chi connectivity index (χ0v) is 19.7. The van der Waals surface area contributed by atoms with E-state index in [0.29, 0.717) is 34.6 Å². The van der Waals surface area contributed by atoms with Crippen molar-refractivity contribution in [2.75, 3.05) is 0 Å². The Morgan fingerprint density at radius 1 is 0.971 bits per heavy atom. The van der Waals surface area contributed by atoms with Gasteiger partial charge in [-0.3, -0.25) is 13.8 Å². The van der Waals surface area contributed by atoms with Gasteiger partial charge in [0, 0.05) is 0 Å². The van der Waals surface area contributed by atoms with E-state index in [9.17, 15) is 4.79 Å². The number of para-hydroxylation sites is 1. The molecule has 6 rings (SSSR count). The standard InChI is InChI=1S/C24H18N6O2S2/c1-15(20-25-26-21(32-20)19-12-7-13-33-19)34-24-28-27-23-29(14-16-8-3-2-4-9-16)22(31)17-10-5-6-11-18(17)30(23)24/h2-13,15H,14H2,1H3. The second kappa shape index (κ2) is 8.54. The van der Waals surface area contributed by atoms with Crippen LogP contribution in [-0.4, -0.2) is 29.4 Å². The van der Waals surface area contributed by atoms with Crippen molar-refractivity contribution in [1.82, 2.24) is 29.4 Å². The normalized spacial score (nSPS) is 12.5. The van der Waals surface area contributed by atoms with Crippen LogP contribution in [0, 0.1) is 0 Å². The summed E-state index contributed by atoms with van der Waals surface area (Å²) in [4.78, 5) is 14.3.